The van der Waals surface area contributed by atoms with Gasteiger partial charge in [0.1, 0.15) is 5.82 Å². The van der Waals surface area contributed by atoms with Crippen molar-refractivity contribution in [2.45, 2.75) is 0 Å². The van der Waals surface area contributed by atoms with Crippen molar-refractivity contribution in [1.29, 1.82) is 0 Å². The molecule has 2 rings (SSSR count). The molecule has 0 radical (unpaired) electrons. The molecular weight excluding hydrogens is 244 g/mol. The number of aromatic nitrogens is 3. The Balaban J connectivity index is 2.33. The van der Waals surface area contributed by atoms with Gasteiger partial charge in [0.2, 0.25) is 0 Å². The highest BCUT2D eigenvalue weighted by molar-refractivity contribution is 6.35. The third-order valence-electron chi connectivity index (χ3n) is 2.09. The summed E-state index contributed by atoms with van der Waals surface area (Å²) >= 11 is 5.93. The van der Waals surface area contributed by atoms with Crippen molar-refractivity contribution < 1.29 is 9.90 Å². The fourth-order valence-corrected chi connectivity index (χ4v) is 1.56. The number of hydrogen-bond donors (Lipinski definition) is 2. The van der Waals surface area contributed by atoms with Gasteiger partial charge in [-0.05, 0) is 6.07 Å². The van der Waals surface area contributed by atoms with Crippen LogP contribution in [0.5, 0.6) is 0 Å². The van der Waals surface area contributed by atoms with Crippen LogP contribution in [0.15, 0.2) is 24.7 Å². The first-order valence-electron chi connectivity index (χ1n) is 4.71. The zero-order valence-electron chi connectivity index (χ0n) is 8.88. The first kappa shape index (κ1) is 11.4. The van der Waals surface area contributed by atoms with Crippen molar-refractivity contribution in [3.05, 3.63) is 35.2 Å². The van der Waals surface area contributed by atoms with Crippen LogP contribution in [0.3, 0.4) is 0 Å². The Labute approximate surface area is 102 Å². The fourth-order valence-electron chi connectivity index (χ4n) is 1.32. The summed E-state index contributed by atoms with van der Waals surface area (Å²) < 4.78 is 1.61. The highest BCUT2D eigenvalue weighted by Gasteiger charge is 2.13. The summed E-state index contributed by atoms with van der Waals surface area (Å²) in [5.41, 5.74) is 0.692. The molecule has 6 nitrogen and oxygen atoms in total. The Kier molecular flexibility index (Phi) is 2.97. The smallest absolute Gasteiger partial charge is 0.337 e. The normalized spacial score (nSPS) is 10.2. The number of aryl methyl sites for hydroxylation is 1. The van der Waals surface area contributed by atoms with Crippen LogP contribution in [-0.4, -0.2) is 25.8 Å². The zero-order chi connectivity index (χ0) is 12.4. The average Bonchev–Trinajstić information content (AvgIpc) is 2.67. The molecule has 0 spiro atoms. The minimum absolute atomic E-state index is 0.00746. The van der Waals surface area contributed by atoms with Gasteiger partial charge in [-0.25, -0.2) is 9.78 Å². The van der Waals surface area contributed by atoms with E-state index in [0.29, 0.717) is 11.5 Å². The molecule has 2 aromatic rings. The van der Waals surface area contributed by atoms with Crippen molar-refractivity contribution in [1.82, 2.24) is 14.8 Å². The molecule has 0 amide bonds. The fraction of sp³-hybridized carbons (Fsp3) is 0.100. The molecule has 0 saturated carbocycles. The molecule has 0 unspecified atom stereocenters. The molecule has 0 fully saturated rings. The van der Waals surface area contributed by atoms with Gasteiger partial charge >= 0.3 is 5.97 Å². The largest absolute Gasteiger partial charge is 0.478 e. The highest BCUT2D eigenvalue weighted by Crippen LogP contribution is 2.26. The minimum atomic E-state index is -1.09. The number of carboxylic acid groups (broad SMARTS) is 1. The summed E-state index contributed by atoms with van der Waals surface area (Å²) in [7, 11) is 1.77. The lowest BCUT2D eigenvalue weighted by Crippen LogP contribution is -2.01. The molecule has 2 aromatic heterocycles. The first-order chi connectivity index (χ1) is 8.08. The Morgan fingerprint density at radius 1 is 1.59 bits per heavy atom. The first-order valence-corrected chi connectivity index (χ1v) is 5.09. The maximum atomic E-state index is 10.9. The van der Waals surface area contributed by atoms with Crippen LogP contribution in [-0.2, 0) is 7.05 Å². The van der Waals surface area contributed by atoms with Crippen molar-refractivity contribution in [3.63, 3.8) is 0 Å². The molecule has 0 aromatic carbocycles. The number of nitrogens with one attached hydrogen (secondary N) is 1. The number of anilines is 2. The van der Waals surface area contributed by atoms with Crippen LogP contribution < -0.4 is 5.32 Å². The van der Waals surface area contributed by atoms with Crippen molar-refractivity contribution in [2.24, 2.45) is 7.05 Å². The summed E-state index contributed by atoms with van der Waals surface area (Å²) in [4.78, 5) is 14.9. The van der Waals surface area contributed by atoms with Crippen LogP contribution in [0.4, 0.5) is 11.5 Å². The number of nitrogens with zero attached hydrogens (tertiary/aromatic N) is 3. The maximum Gasteiger partial charge on any atom is 0.337 e. The zero-order valence-corrected chi connectivity index (χ0v) is 9.64. The molecule has 17 heavy (non-hydrogen) atoms. The van der Waals surface area contributed by atoms with Gasteiger partial charge in [-0.1, -0.05) is 11.6 Å². The Hall–Kier alpha value is -2.08. The maximum absolute atomic E-state index is 10.9. The topological polar surface area (TPSA) is 80.0 Å². The van der Waals surface area contributed by atoms with E-state index in [4.69, 9.17) is 16.7 Å². The van der Waals surface area contributed by atoms with E-state index in [2.05, 4.69) is 15.4 Å². The number of aromatic carboxylic acids is 1. The standard InChI is InChI=1S/C10H9ClN4O2/c1-15-5-6(4-13-15)14-9-8(11)7(10(16)17)2-3-12-9/h2-5H,1H3,(H,12,14)(H,16,17). The molecule has 2 heterocycles. The van der Waals surface area contributed by atoms with Gasteiger partial charge in [-0.15, -0.1) is 0 Å². The van der Waals surface area contributed by atoms with Gasteiger partial charge < -0.3 is 10.4 Å². The lowest BCUT2D eigenvalue weighted by atomic mass is 10.2. The lowest BCUT2D eigenvalue weighted by molar-refractivity contribution is 0.0697. The number of pyridine rings is 1. The molecule has 2 N–H and O–H groups in total. The summed E-state index contributed by atoms with van der Waals surface area (Å²) in [6.45, 7) is 0. The number of halogens is 1. The third-order valence-corrected chi connectivity index (χ3v) is 2.47. The Bertz CT molecular complexity index is 567. The number of carbonyl (C=O) groups is 1. The number of hydrogen-bond acceptors (Lipinski definition) is 4. The SMILES string of the molecule is Cn1cc(Nc2nccc(C(=O)O)c2Cl)cn1. The second-order valence-corrected chi connectivity index (χ2v) is 3.73. The Morgan fingerprint density at radius 2 is 2.35 bits per heavy atom. The average molecular weight is 253 g/mol. The minimum Gasteiger partial charge on any atom is -0.478 e. The monoisotopic (exact) mass is 252 g/mol. The summed E-state index contributed by atoms with van der Waals surface area (Å²) in [5, 5.41) is 15.8. The van der Waals surface area contributed by atoms with E-state index >= 15 is 0 Å². The predicted octanol–water partition coefficient (Wildman–Crippen LogP) is 1.91. The molecule has 0 atom stereocenters. The summed E-state index contributed by atoms with van der Waals surface area (Å²) in [5.74, 6) is -0.800. The molecule has 0 aliphatic rings. The van der Waals surface area contributed by atoms with E-state index in [0.717, 1.165) is 0 Å². The van der Waals surface area contributed by atoms with Gasteiger partial charge in [-0.3, -0.25) is 4.68 Å². The summed E-state index contributed by atoms with van der Waals surface area (Å²) in [6.07, 6.45) is 4.70. The van der Waals surface area contributed by atoms with E-state index in [1.165, 1.54) is 12.3 Å². The molecule has 0 bridgehead atoms. The second kappa shape index (κ2) is 4.42. The van der Waals surface area contributed by atoms with E-state index < -0.39 is 5.97 Å². The third kappa shape index (κ3) is 2.36. The van der Waals surface area contributed by atoms with Gasteiger partial charge in [0, 0.05) is 19.4 Å². The van der Waals surface area contributed by atoms with Crippen LogP contribution in [0.25, 0.3) is 0 Å². The second-order valence-electron chi connectivity index (χ2n) is 3.35. The van der Waals surface area contributed by atoms with Gasteiger partial charge in [0.05, 0.1) is 22.5 Å². The van der Waals surface area contributed by atoms with Gasteiger partial charge in [0.15, 0.2) is 0 Å². The van der Waals surface area contributed by atoms with E-state index in [9.17, 15) is 4.79 Å². The Morgan fingerprint density at radius 3 is 2.94 bits per heavy atom. The van der Waals surface area contributed by atoms with Crippen LogP contribution in [0.1, 0.15) is 10.4 Å². The molecule has 7 heteroatoms. The molecule has 0 saturated heterocycles. The van der Waals surface area contributed by atoms with Crippen LogP contribution in [0.2, 0.25) is 5.02 Å². The predicted molar refractivity (Wildman–Crippen MR) is 62.7 cm³/mol. The molecule has 0 aliphatic heterocycles. The molecule has 0 aliphatic carbocycles. The lowest BCUT2D eigenvalue weighted by Gasteiger charge is -2.06. The molecular formula is C10H9ClN4O2. The van der Waals surface area contributed by atoms with E-state index in [-0.39, 0.29) is 10.6 Å². The van der Waals surface area contributed by atoms with Crippen LogP contribution in [0, 0.1) is 0 Å². The highest BCUT2D eigenvalue weighted by atomic mass is 35.5. The number of carboxylic acids is 1. The quantitative estimate of drug-likeness (QED) is 0.872. The molecule has 88 valence electrons. The van der Waals surface area contributed by atoms with E-state index in [1.807, 2.05) is 0 Å². The number of rotatable bonds is 3. The van der Waals surface area contributed by atoms with Gasteiger partial charge in [0.25, 0.3) is 0 Å². The van der Waals surface area contributed by atoms with Crippen molar-refractivity contribution in [2.75, 3.05) is 5.32 Å². The summed E-state index contributed by atoms with van der Waals surface area (Å²) in [6, 6.07) is 1.35. The van der Waals surface area contributed by atoms with Gasteiger partial charge in [-0.2, -0.15) is 5.10 Å². The van der Waals surface area contributed by atoms with Crippen molar-refractivity contribution in [3.8, 4) is 0 Å². The van der Waals surface area contributed by atoms with E-state index in [1.54, 1.807) is 24.1 Å². The van der Waals surface area contributed by atoms with Crippen LogP contribution >= 0.6 is 11.6 Å². The van der Waals surface area contributed by atoms with Crippen molar-refractivity contribution >= 4 is 29.1 Å².